The highest BCUT2D eigenvalue weighted by Crippen LogP contribution is 2.25. The number of nitrogens with one attached hydrogen (secondary N) is 1. The van der Waals surface area contributed by atoms with Gasteiger partial charge < -0.3 is 14.8 Å². The summed E-state index contributed by atoms with van der Waals surface area (Å²) in [5.41, 5.74) is 3.02. The van der Waals surface area contributed by atoms with E-state index in [-0.39, 0.29) is 25.2 Å². The van der Waals surface area contributed by atoms with E-state index in [0.717, 1.165) is 21.6 Å². The van der Waals surface area contributed by atoms with Gasteiger partial charge in [0.2, 0.25) is 0 Å². The summed E-state index contributed by atoms with van der Waals surface area (Å²) >= 11 is 1.56. The maximum Gasteiger partial charge on any atom is 0.344 e. The van der Waals surface area contributed by atoms with Crippen LogP contribution in [0.2, 0.25) is 0 Å². The molecule has 3 rings (SSSR count). The van der Waals surface area contributed by atoms with Gasteiger partial charge in [-0.15, -0.1) is 11.3 Å². The van der Waals surface area contributed by atoms with Gasteiger partial charge >= 0.3 is 5.97 Å². The molecule has 1 N–H and O–H groups in total. The molecule has 1 aromatic heterocycles. The van der Waals surface area contributed by atoms with Crippen molar-refractivity contribution in [2.24, 2.45) is 0 Å². The predicted octanol–water partition coefficient (Wildman–Crippen LogP) is 4.19. The third kappa shape index (κ3) is 5.68. The second-order valence-corrected chi connectivity index (χ2v) is 7.55. The first-order valence-corrected chi connectivity index (χ1v) is 10.1. The molecule has 0 radical (unpaired) electrons. The van der Waals surface area contributed by atoms with Crippen molar-refractivity contribution >= 4 is 23.2 Å². The van der Waals surface area contributed by atoms with Crippen LogP contribution in [0.4, 0.5) is 0 Å². The maximum absolute atomic E-state index is 12.4. The number of amides is 1. The number of carbonyl (C=O) groups is 2. The van der Waals surface area contributed by atoms with E-state index in [9.17, 15) is 9.59 Å². The Hall–Kier alpha value is -3.12. The topological polar surface area (TPSA) is 64.6 Å². The van der Waals surface area contributed by atoms with E-state index in [1.165, 1.54) is 0 Å². The first kappa shape index (κ1) is 20.6. The minimum atomic E-state index is -0.589. The van der Waals surface area contributed by atoms with E-state index in [0.29, 0.717) is 5.75 Å². The zero-order chi connectivity index (χ0) is 20.6. The standard InChI is InChI=1S/C23H23NO4S/c1-16-8-6-11-19(17(16)2)27-15-22(26)28-14-21(25)24-23(20-12-7-13-29-20)18-9-4-3-5-10-18/h3-13,23H,14-15H2,1-2H3,(H,24,25)/t23-/m0/s1. The molecule has 0 aliphatic carbocycles. The monoisotopic (exact) mass is 409 g/mol. The molecule has 1 heterocycles. The second-order valence-electron chi connectivity index (χ2n) is 6.57. The van der Waals surface area contributed by atoms with Crippen molar-refractivity contribution in [1.29, 1.82) is 0 Å². The first-order valence-electron chi connectivity index (χ1n) is 9.27. The van der Waals surface area contributed by atoms with Gasteiger partial charge in [0.25, 0.3) is 5.91 Å². The third-order valence-electron chi connectivity index (χ3n) is 4.53. The fourth-order valence-corrected chi connectivity index (χ4v) is 3.63. The van der Waals surface area contributed by atoms with Crippen molar-refractivity contribution in [2.45, 2.75) is 19.9 Å². The molecule has 1 amide bonds. The largest absolute Gasteiger partial charge is 0.482 e. The first-order chi connectivity index (χ1) is 14.0. The summed E-state index contributed by atoms with van der Waals surface area (Å²) in [7, 11) is 0. The van der Waals surface area contributed by atoms with E-state index in [1.54, 1.807) is 17.4 Å². The molecular formula is C23H23NO4S. The van der Waals surface area contributed by atoms with Crippen molar-refractivity contribution < 1.29 is 19.1 Å². The number of benzene rings is 2. The highest BCUT2D eigenvalue weighted by atomic mass is 32.1. The van der Waals surface area contributed by atoms with Gasteiger partial charge in [0.05, 0.1) is 6.04 Å². The Bertz CT molecular complexity index is 954. The molecule has 2 aromatic carbocycles. The Labute approximate surface area is 174 Å². The van der Waals surface area contributed by atoms with Crippen molar-refractivity contribution in [3.8, 4) is 5.75 Å². The average Bonchev–Trinajstić information content (AvgIpc) is 3.27. The van der Waals surface area contributed by atoms with Crippen LogP contribution in [0.15, 0.2) is 66.0 Å². The summed E-state index contributed by atoms with van der Waals surface area (Å²) in [5, 5.41) is 4.90. The summed E-state index contributed by atoms with van der Waals surface area (Å²) in [6.07, 6.45) is 0. The van der Waals surface area contributed by atoms with Crippen molar-refractivity contribution in [1.82, 2.24) is 5.32 Å². The molecule has 150 valence electrons. The molecule has 0 bridgehead atoms. The van der Waals surface area contributed by atoms with Gasteiger partial charge in [-0.25, -0.2) is 4.79 Å². The number of aryl methyl sites for hydroxylation is 1. The van der Waals surface area contributed by atoms with Crippen LogP contribution in [0.3, 0.4) is 0 Å². The van der Waals surface area contributed by atoms with Crippen LogP contribution in [-0.4, -0.2) is 25.1 Å². The molecular weight excluding hydrogens is 386 g/mol. The lowest BCUT2D eigenvalue weighted by Crippen LogP contribution is -2.33. The zero-order valence-electron chi connectivity index (χ0n) is 16.4. The molecule has 1 atom stereocenters. The van der Waals surface area contributed by atoms with Crippen molar-refractivity contribution in [3.63, 3.8) is 0 Å². The van der Waals surface area contributed by atoms with Crippen LogP contribution in [-0.2, 0) is 14.3 Å². The summed E-state index contributed by atoms with van der Waals surface area (Å²) < 4.78 is 10.6. The summed E-state index contributed by atoms with van der Waals surface area (Å²) in [5.74, 6) is -0.325. The lowest BCUT2D eigenvalue weighted by Gasteiger charge is -2.18. The zero-order valence-corrected chi connectivity index (χ0v) is 17.2. The third-order valence-corrected chi connectivity index (χ3v) is 5.47. The molecule has 0 saturated heterocycles. The molecule has 29 heavy (non-hydrogen) atoms. The number of hydrogen-bond donors (Lipinski definition) is 1. The molecule has 0 aliphatic rings. The fourth-order valence-electron chi connectivity index (χ4n) is 2.83. The predicted molar refractivity (Wildman–Crippen MR) is 113 cm³/mol. The number of carbonyl (C=O) groups excluding carboxylic acids is 2. The fraction of sp³-hybridized carbons (Fsp3) is 0.217. The average molecular weight is 410 g/mol. The Balaban J connectivity index is 1.53. The minimum Gasteiger partial charge on any atom is -0.482 e. The van der Waals surface area contributed by atoms with Crippen molar-refractivity contribution in [3.05, 3.63) is 87.6 Å². The minimum absolute atomic E-state index is 0.245. The molecule has 5 nitrogen and oxygen atoms in total. The number of hydrogen-bond acceptors (Lipinski definition) is 5. The van der Waals surface area contributed by atoms with Crippen molar-refractivity contribution in [2.75, 3.05) is 13.2 Å². The highest BCUT2D eigenvalue weighted by Gasteiger charge is 2.18. The van der Waals surface area contributed by atoms with E-state index < -0.39 is 5.97 Å². The lowest BCUT2D eigenvalue weighted by molar-refractivity contribution is -0.150. The molecule has 0 spiro atoms. The number of rotatable bonds is 8. The van der Waals surface area contributed by atoms with Gasteiger partial charge in [0, 0.05) is 4.88 Å². The van der Waals surface area contributed by atoms with Crippen LogP contribution in [0.1, 0.15) is 27.6 Å². The lowest BCUT2D eigenvalue weighted by atomic mass is 10.1. The second kappa shape index (κ2) is 9.89. The Morgan fingerprint density at radius 3 is 2.48 bits per heavy atom. The molecule has 0 unspecified atom stereocenters. The molecule has 0 aliphatic heterocycles. The van der Waals surface area contributed by atoms with Crippen LogP contribution >= 0.6 is 11.3 Å². The van der Waals surface area contributed by atoms with Gasteiger partial charge in [-0.05, 0) is 48.1 Å². The van der Waals surface area contributed by atoms with E-state index in [4.69, 9.17) is 9.47 Å². The molecule has 0 saturated carbocycles. The van der Waals surface area contributed by atoms with Crippen LogP contribution in [0.5, 0.6) is 5.75 Å². The van der Waals surface area contributed by atoms with Gasteiger partial charge in [-0.3, -0.25) is 4.79 Å². The smallest absolute Gasteiger partial charge is 0.344 e. The quantitative estimate of drug-likeness (QED) is 0.567. The summed E-state index contributed by atoms with van der Waals surface area (Å²) in [4.78, 5) is 25.4. The Morgan fingerprint density at radius 1 is 0.966 bits per heavy atom. The van der Waals surface area contributed by atoms with E-state index in [1.807, 2.05) is 73.8 Å². The number of esters is 1. The Morgan fingerprint density at radius 2 is 1.76 bits per heavy atom. The normalized spacial score (nSPS) is 11.5. The number of thiophene rings is 1. The van der Waals surface area contributed by atoms with Crippen LogP contribution in [0, 0.1) is 13.8 Å². The van der Waals surface area contributed by atoms with Gasteiger partial charge in [-0.1, -0.05) is 48.5 Å². The van der Waals surface area contributed by atoms with Gasteiger partial charge in [0.15, 0.2) is 13.2 Å². The molecule has 6 heteroatoms. The Kier molecular flexibility index (Phi) is 7.03. The maximum atomic E-state index is 12.4. The van der Waals surface area contributed by atoms with Crippen LogP contribution < -0.4 is 10.1 Å². The highest BCUT2D eigenvalue weighted by molar-refractivity contribution is 7.10. The summed E-state index contributed by atoms with van der Waals surface area (Å²) in [6.45, 7) is 3.30. The number of ether oxygens (including phenoxy) is 2. The molecule has 3 aromatic rings. The van der Waals surface area contributed by atoms with Crippen LogP contribution in [0.25, 0.3) is 0 Å². The SMILES string of the molecule is Cc1cccc(OCC(=O)OCC(=O)N[C@@H](c2ccccc2)c2cccs2)c1C. The van der Waals surface area contributed by atoms with E-state index >= 15 is 0 Å². The van der Waals surface area contributed by atoms with E-state index in [2.05, 4.69) is 5.32 Å². The molecule has 0 fully saturated rings. The van der Waals surface area contributed by atoms with Gasteiger partial charge in [0.1, 0.15) is 5.75 Å². The van der Waals surface area contributed by atoms with Gasteiger partial charge in [-0.2, -0.15) is 0 Å². The summed E-state index contributed by atoms with van der Waals surface area (Å²) in [6, 6.07) is 18.9.